The van der Waals surface area contributed by atoms with Gasteiger partial charge in [0.1, 0.15) is 0 Å². The minimum Gasteiger partial charge on any atom is -0.298 e. The molecule has 1 aromatic heterocycles. The molecule has 3 heteroatoms. The molecule has 1 aromatic carbocycles. The summed E-state index contributed by atoms with van der Waals surface area (Å²) >= 11 is 0. The highest BCUT2D eigenvalue weighted by Gasteiger charge is 2.03. The van der Waals surface area contributed by atoms with Crippen LogP contribution in [0.25, 0.3) is 10.9 Å². The van der Waals surface area contributed by atoms with Crippen molar-refractivity contribution in [1.29, 1.82) is 0 Å². The Morgan fingerprint density at radius 2 is 2.00 bits per heavy atom. The van der Waals surface area contributed by atoms with Gasteiger partial charge in [-0.15, -0.1) is 0 Å². The zero-order valence-electron chi connectivity index (χ0n) is 6.81. The van der Waals surface area contributed by atoms with E-state index in [9.17, 15) is 9.59 Å². The van der Waals surface area contributed by atoms with Crippen LogP contribution < -0.4 is 0 Å². The molecule has 13 heavy (non-hydrogen) atoms. The molecular weight excluding hydrogens is 166 g/mol. The topological polar surface area (TPSA) is 39.1 Å². The number of fused-ring (bicyclic) bond motifs is 1. The highest BCUT2D eigenvalue weighted by atomic mass is 16.1. The number of aldehydes is 1. The lowest BCUT2D eigenvalue weighted by Gasteiger charge is -1.97. The van der Waals surface area contributed by atoms with Crippen LogP contribution in [0, 0.1) is 0 Å². The molecule has 0 radical (unpaired) electrons. The van der Waals surface area contributed by atoms with Crippen molar-refractivity contribution in [3.8, 4) is 0 Å². The summed E-state index contributed by atoms with van der Waals surface area (Å²) in [5.74, 6) is 0. The van der Waals surface area contributed by atoms with Crippen LogP contribution in [0.1, 0.15) is 10.4 Å². The maximum atomic E-state index is 10.7. The number of rotatable bonds is 2. The third kappa shape index (κ3) is 1.05. The SMILES string of the molecule is O=Cc1cccc2ccn(C=O)c12. The van der Waals surface area contributed by atoms with Crippen molar-refractivity contribution in [3.05, 3.63) is 36.0 Å². The van der Waals surface area contributed by atoms with Crippen molar-refractivity contribution in [2.24, 2.45) is 0 Å². The minimum absolute atomic E-state index is 0.537. The second kappa shape index (κ2) is 2.86. The molecule has 0 aliphatic carbocycles. The molecule has 0 aliphatic rings. The highest BCUT2D eigenvalue weighted by molar-refractivity contribution is 5.98. The van der Waals surface area contributed by atoms with Crippen LogP contribution in [0.5, 0.6) is 0 Å². The van der Waals surface area contributed by atoms with E-state index in [0.717, 1.165) is 11.7 Å². The third-order valence-corrected chi connectivity index (χ3v) is 2.01. The number of benzene rings is 1. The first-order valence-corrected chi connectivity index (χ1v) is 3.87. The van der Waals surface area contributed by atoms with Gasteiger partial charge in [-0.2, -0.15) is 0 Å². The summed E-state index contributed by atoms with van der Waals surface area (Å²) in [7, 11) is 0. The van der Waals surface area contributed by atoms with Gasteiger partial charge in [-0.1, -0.05) is 12.1 Å². The van der Waals surface area contributed by atoms with Gasteiger partial charge in [-0.05, 0) is 12.1 Å². The summed E-state index contributed by atoms with van der Waals surface area (Å²) in [4.78, 5) is 21.3. The van der Waals surface area contributed by atoms with Crippen LogP contribution in [0.2, 0.25) is 0 Å². The number of hydrogen-bond acceptors (Lipinski definition) is 2. The van der Waals surface area contributed by atoms with Crippen LogP contribution in [0.4, 0.5) is 0 Å². The number of hydrogen-bond donors (Lipinski definition) is 0. The molecule has 0 saturated carbocycles. The molecule has 0 N–H and O–H groups in total. The lowest BCUT2D eigenvalue weighted by Crippen LogP contribution is -1.94. The van der Waals surface area contributed by atoms with Crippen LogP contribution in [0.15, 0.2) is 30.5 Å². The molecule has 0 bridgehead atoms. The van der Waals surface area contributed by atoms with E-state index in [1.165, 1.54) is 4.57 Å². The monoisotopic (exact) mass is 173 g/mol. The summed E-state index contributed by atoms with van der Waals surface area (Å²) in [5.41, 5.74) is 1.21. The predicted molar refractivity (Wildman–Crippen MR) is 49.5 cm³/mol. The van der Waals surface area contributed by atoms with Gasteiger partial charge in [0.05, 0.1) is 5.52 Å². The minimum atomic E-state index is 0.537. The van der Waals surface area contributed by atoms with Crippen LogP contribution in [0.3, 0.4) is 0 Å². The van der Waals surface area contributed by atoms with Gasteiger partial charge in [0, 0.05) is 17.1 Å². The van der Waals surface area contributed by atoms with E-state index in [1.807, 2.05) is 6.07 Å². The Morgan fingerprint density at radius 1 is 1.15 bits per heavy atom. The molecule has 64 valence electrons. The summed E-state index contributed by atoms with van der Waals surface area (Å²) in [6.07, 6.45) is 3.09. The molecule has 2 rings (SSSR count). The van der Waals surface area contributed by atoms with E-state index in [1.54, 1.807) is 24.4 Å². The summed E-state index contributed by atoms with van der Waals surface area (Å²) in [6.45, 7) is 0. The number of nitrogens with zero attached hydrogens (tertiary/aromatic N) is 1. The first kappa shape index (κ1) is 7.73. The van der Waals surface area contributed by atoms with Crippen LogP contribution in [-0.4, -0.2) is 17.3 Å². The first-order valence-electron chi connectivity index (χ1n) is 3.87. The maximum absolute atomic E-state index is 10.7. The summed E-state index contributed by atoms with van der Waals surface area (Å²) in [6, 6.07) is 7.15. The summed E-state index contributed by atoms with van der Waals surface area (Å²) in [5, 5.41) is 0.900. The van der Waals surface area contributed by atoms with Crippen molar-refractivity contribution in [1.82, 2.24) is 4.57 Å². The molecule has 0 spiro atoms. The highest BCUT2D eigenvalue weighted by Crippen LogP contribution is 2.17. The Labute approximate surface area is 74.6 Å². The van der Waals surface area contributed by atoms with Gasteiger partial charge in [0.25, 0.3) is 0 Å². The lowest BCUT2D eigenvalue weighted by molar-refractivity contribution is 0.112. The van der Waals surface area contributed by atoms with E-state index in [2.05, 4.69) is 0 Å². The van der Waals surface area contributed by atoms with E-state index in [4.69, 9.17) is 0 Å². The molecule has 0 amide bonds. The van der Waals surface area contributed by atoms with Crippen molar-refractivity contribution in [3.63, 3.8) is 0 Å². The second-order valence-electron chi connectivity index (χ2n) is 2.73. The Hall–Kier alpha value is -1.90. The largest absolute Gasteiger partial charge is 0.298 e. The van der Waals surface area contributed by atoms with Gasteiger partial charge in [-0.25, -0.2) is 0 Å². The first-order chi connectivity index (χ1) is 6.36. The van der Waals surface area contributed by atoms with Gasteiger partial charge < -0.3 is 0 Å². The molecule has 1 heterocycles. The normalized spacial score (nSPS) is 10.2. The van der Waals surface area contributed by atoms with E-state index < -0.39 is 0 Å². The predicted octanol–water partition coefficient (Wildman–Crippen LogP) is 1.49. The lowest BCUT2D eigenvalue weighted by atomic mass is 10.2. The second-order valence-corrected chi connectivity index (χ2v) is 2.73. The fraction of sp³-hybridized carbons (Fsp3) is 0. The van der Waals surface area contributed by atoms with E-state index >= 15 is 0 Å². The average Bonchev–Trinajstić information content (AvgIpc) is 2.60. The Bertz CT molecular complexity index is 471. The number of para-hydroxylation sites is 1. The number of aromatic nitrogens is 1. The molecule has 0 fully saturated rings. The fourth-order valence-electron chi connectivity index (χ4n) is 1.43. The van der Waals surface area contributed by atoms with Crippen molar-refractivity contribution >= 4 is 23.6 Å². The zero-order chi connectivity index (χ0) is 9.26. The zero-order valence-corrected chi connectivity index (χ0v) is 6.81. The Kier molecular flexibility index (Phi) is 1.70. The molecule has 0 unspecified atom stereocenters. The van der Waals surface area contributed by atoms with Crippen molar-refractivity contribution < 1.29 is 9.59 Å². The molecule has 3 nitrogen and oxygen atoms in total. The maximum Gasteiger partial charge on any atom is 0.218 e. The smallest absolute Gasteiger partial charge is 0.218 e. The van der Waals surface area contributed by atoms with Crippen molar-refractivity contribution in [2.75, 3.05) is 0 Å². The van der Waals surface area contributed by atoms with Gasteiger partial charge in [0.2, 0.25) is 6.41 Å². The molecule has 0 saturated heterocycles. The van der Waals surface area contributed by atoms with Gasteiger partial charge in [-0.3, -0.25) is 14.2 Å². The Balaban J connectivity index is 2.90. The Morgan fingerprint density at radius 3 is 2.69 bits per heavy atom. The molecule has 2 aromatic rings. The molecule has 0 aliphatic heterocycles. The number of carbonyl (C=O) groups is 2. The van der Waals surface area contributed by atoms with Crippen molar-refractivity contribution in [2.45, 2.75) is 0 Å². The van der Waals surface area contributed by atoms with Gasteiger partial charge in [0.15, 0.2) is 6.29 Å². The molecular formula is C10H7NO2. The molecule has 0 atom stereocenters. The fourth-order valence-corrected chi connectivity index (χ4v) is 1.43. The third-order valence-electron chi connectivity index (χ3n) is 2.01. The summed E-state index contributed by atoms with van der Waals surface area (Å²) < 4.78 is 1.40. The van der Waals surface area contributed by atoms with Crippen LogP contribution >= 0.6 is 0 Å². The average molecular weight is 173 g/mol. The van der Waals surface area contributed by atoms with Gasteiger partial charge >= 0.3 is 0 Å². The standard InChI is InChI=1S/C10H7NO2/c12-6-9-3-1-2-8-4-5-11(7-13)10(8)9/h1-7H. The van der Waals surface area contributed by atoms with E-state index in [-0.39, 0.29) is 0 Å². The number of carbonyl (C=O) groups excluding carboxylic acids is 2. The van der Waals surface area contributed by atoms with E-state index in [0.29, 0.717) is 17.5 Å². The van der Waals surface area contributed by atoms with Crippen LogP contribution in [-0.2, 0) is 4.79 Å². The quantitative estimate of drug-likeness (QED) is 0.645.